The molecule has 108 valence electrons. The Morgan fingerprint density at radius 2 is 2.11 bits per heavy atom. The fourth-order valence-corrected chi connectivity index (χ4v) is 3.83. The maximum Gasteiger partial charge on any atom is 0.0590 e. The van der Waals surface area contributed by atoms with Crippen LogP contribution in [-0.4, -0.2) is 43.3 Å². The molecule has 0 aromatic rings. The lowest BCUT2D eigenvalue weighted by Gasteiger charge is -2.53. The molecule has 2 unspecified atom stereocenters. The van der Waals surface area contributed by atoms with Crippen molar-refractivity contribution in [3.63, 3.8) is 0 Å². The van der Waals surface area contributed by atoms with E-state index in [1.807, 2.05) is 0 Å². The van der Waals surface area contributed by atoms with Crippen molar-refractivity contribution in [3.8, 4) is 0 Å². The minimum Gasteiger partial charge on any atom is -0.383 e. The highest BCUT2D eigenvalue weighted by Crippen LogP contribution is 2.40. The molecule has 0 saturated heterocycles. The summed E-state index contributed by atoms with van der Waals surface area (Å²) in [6.45, 7) is 9.48. The Bertz CT molecular complexity index is 233. The summed E-state index contributed by atoms with van der Waals surface area (Å²) in [5.41, 5.74) is 6.44. The standard InChI is InChI=1S/C15H32N2O/c1-5-14-8-6-7-9-15(14,12-16)17(13(2)3)10-11-18-4/h13-14H,5-12,16H2,1-4H3. The molecule has 2 atom stereocenters. The van der Waals surface area contributed by atoms with Crippen molar-refractivity contribution in [1.82, 2.24) is 4.90 Å². The van der Waals surface area contributed by atoms with Crippen LogP contribution in [-0.2, 0) is 4.74 Å². The van der Waals surface area contributed by atoms with E-state index in [1.54, 1.807) is 7.11 Å². The smallest absolute Gasteiger partial charge is 0.0590 e. The Hall–Kier alpha value is -0.120. The van der Waals surface area contributed by atoms with Gasteiger partial charge in [-0.25, -0.2) is 0 Å². The van der Waals surface area contributed by atoms with E-state index in [1.165, 1.54) is 32.1 Å². The van der Waals surface area contributed by atoms with Gasteiger partial charge in [-0.1, -0.05) is 26.2 Å². The number of rotatable bonds is 7. The first-order chi connectivity index (χ1) is 8.62. The zero-order chi connectivity index (χ0) is 13.6. The monoisotopic (exact) mass is 256 g/mol. The van der Waals surface area contributed by atoms with Gasteiger partial charge in [0.1, 0.15) is 0 Å². The lowest BCUT2D eigenvalue weighted by atomic mass is 9.70. The highest BCUT2D eigenvalue weighted by Gasteiger charge is 2.44. The van der Waals surface area contributed by atoms with Crippen LogP contribution in [0, 0.1) is 5.92 Å². The second kappa shape index (κ2) is 7.46. The molecule has 1 aliphatic rings. The van der Waals surface area contributed by atoms with E-state index >= 15 is 0 Å². The Balaban J connectivity index is 2.91. The van der Waals surface area contributed by atoms with Crippen LogP contribution in [0.3, 0.4) is 0 Å². The topological polar surface area (TPSA) is 38.5 Å². The molecule has 0 aliphatic heterocycles. The van der Waals surface area contributed by atoms with Gasteiger partial charge in [-0.15, -0.1) is 0 Å². The summed E-state index contributed by atoms with van der Waals surface area (Å²) < 4.78 is 5.29. The summed E-state index contributed by atoms with van der Waals surface area (Å²) in [5.74, 6) is 0.746. The van der Waals surface area contributed by atoms with E-state index in [0.717, 1.165) is 25.6 Å². The molecule has 1 rings (SSSR count). The maximum absolute atomic E-state index is 6.23. The van der Waals surface area contributed by atoms with Gasteiger partial charge in [0.2, 0.25) is 0 Å². The molecule has 0 bridgehead atoms. The molecular formula is C15H32N2O. The third kappa shape index (κ3) is 3.25. The van der Waals surface area contributed by atoms with Crippen molar-refractivity contribution >= 4 is 0 Å². The van der Waals surface area contributed by atoms with E-state index in [9.17, 15) is 0 Å². The van der Waals surface area contributed by atoms with Crippen LogP contribution in [0.25, 0.3) is 0 Å². The largest absolute Gasteiger partial charge is 0.383 e. The second-order valence-corrected chi connectivity index (χ2v) is 5.94. The molecule has 1 aliphatic carbocycles. The fraction of sp³-hybridized carbons (Fsp3) is 1.00. The van der Waals surface area contributed by atoms with Gasteiger partial charge < -0.3 is 10.5 Å². The normalized spacial score (nSPS) is 29.2. The Labute approximate surface area is 113 Å². The average molecular weight is 256 g/mol. The number of hydrogen-bond donors (Lipinski definition) is 1. The van der Waals surface area contributed by atoms with E-state index in [4.69, 9.17) is 10.5 Å². The summed E-state index contributed by atoms with van der Waals surface area (Å²) in [6, 6.07) is 0.538. The van der Waals surface area contributed by atoms with Gasteiger partial charge in [-0.2, -0.15) is 0 Å². The number of nitrogens with zero attached hydrogens (tertiary/aromatic N) is 1. The summed E-state index contributed by atoms with van der Waals surface area (Å²) in [6.07, 6.45) is 6.53. The van der Waals surface area contributed by atoms with Crippen LogP contribution in [0.15, 0.2) is 0 Å². The zero-order valence-electron chi connectivity index (χ0n) is 12.7. The van der Waals surface area contributed by atoms with Crippen molar-refractivity contribution in [2.75, 3.05) is 26.8 Å². The zero-order valence-corrected chi connectivity index (χ0v) is 12.7. The SMILES string of the molecule is CCC1CCCCC1(CN)N(CCOC)C(C)C. The van der Waals surface area contributed by atoms with Crippen LogP contribution < -0.4 is 5.73 Å². The molecule has 1 fully saturated rings. The van der Waals surface area contributed by atoms with Crippen LogP contribution in [0.4, 0.5) is 0 Å². The average Bonchev–Trinajstić information content (AvgIpc) is 2.39. The van der Waals surface area contributed by atoms with Gasteiger partial charge in [0.15, 0.2) is 0 Å². The summed E-state index contributed by atoms with van der Waals surface area (Å²) in [4.78, 5) is 2.61. The van der Waals surface area contributed by atoms with Gasteiger partial charge in [-0.3, -0.25) is 4.90 Å². The molecule has 0 radical (unpaired) electrons. The van der Waals surface area contributed by atoms with Gasteiger partial charge in [0.05, 0.1) is 6.61 Å². The Morgan fingerprint density at radius 1 is 1.39 bits per heavy atom. The molecule has 0 aromatic heterocycles. The minimum atomic E-state index is 0.208. The van der Waals surface area contributed by atoms with E-state index in [2.05, 4.69) is 25.7 Å². The molecule has 2 N–H and O–H groups in total. The van der Waals surface area contributed by atoms with Gasteiger partial charge >= 0.3 is 0 Å². The summed E-state index contributed by atoms with van der Waals surface area (Å²) in [5, 5.41) is 0. The number of ether oxygens (including phenoxy) is 1. The van der Waals surface area contributed by atoms with Crippen LogP contribution in [0.2, 0.25) is 0 Å². The first-order valence-electron chi connectivity index (χ1n) is 7.58. The lowest BCUT2D eigenvalue weighted by Crippen LogP contribution is -2.62. The molecule has 3 heteroatoms. The first-order valence-corrected chi connectivity index (χ1v) is 7.58. The predicted octanol–water partition coefficient (Wildman–Crippen LogP) is 2.64. The van der Waals surface area contributed by atoms with E-state index in [0.29, 0.717) is 6.04 Å². The molecular weight excluding hydrogens is 224 g/mol. The van der Waals surface area contributed by atoms with Gasteiger partial charge in [0.25, 0.3) is 0 Å². The molecule has 0 aromatic carbocycles. The van der Waals surface area contributed by atoms with Crippen molar-refractivity contribution in [1.29, 1.82) is 0 Å². The molecule has 0 spiro atoms. The summed E-state index contributed by atoms with van der Waals surface area (Å²) >= 11 is 0. The highest BCUT2D eigenvalue weighted by atomic mass is 16.5. The number of nitrogens with two attached hydrogens (primary N) is 1. The van der Waals surface area contributed by atoms with E-state index < -0.39 is 0 Å². The molecule has 0 amide bonds. The third-order valence-electron chi connectivity index (χ3n) is 4.75. The fourth-order valence-electron chi connectivity index (χ4n) is 3.83. The number of hydrogen-bond acceptors (Lipinski definition) is 3. The van der Waals surface area contributed by atoms with Crippen LogP contribution >= 0.6 is 0 Å². The number of methoxy groups -OCH3 is 1. The maximum atomic E-state index is 6.23. The summed E-state index contributed by atoms with van der Waals surface area (Å²) in [7, 11) is 1.78. The second-order valence-electron chi connectivity index (χ2n) is 5.94. The van der Waals surface area contributed by atoms with E-state index in [-0.39, 0.29) is 5.54 Å². The van der Waals surface area contributed by atoms with Crippen molar-refractivity contribution in [2.24, 2.45) is 11.7 Å². The predicted molar refractivity (Wildman–Crippen MR) is 77.8 cm³/mol. The molecule has 18 heavy (non-hydrogen) atoms. The van der Waals surface area contributed by atoms with Gasteiger partial charge in [0, 0.05) is 31.8 Å². The van der Waals surface area contributed by atoms with Crippen molar-refractivity contribution < 1.29 is 4.74 Å². The lowest BCUT2D eigenvalue weighted by molar-refractivity contribution is -0.0298. The Morgan fingerprint density at radius 3 is 2.61 bits per heavy atom. The van der Waals surface area contributed by atoms with Gasteiger partial charge in [-0.05, 0) is 32.6 Å². The minimum absolute atomic E-state index is 0.208. The first kappa shape index (κ1) is 15.9. The molecule has 1 saturated carbocycles. The van der Waals surface area contributed by atoms with Crippen LogP contribution in [0.5, 0.6) is 0 Å². The third-order valence-corrected chi connectivity index (χ3v) is 4.75. The highest BCUT2D eigenvalue weighted by molar-refractivity contribution is 5.00. The van der Waals surface area contributed by atoms with Crippen LogP contribution in [0.1, 0.15) is 52.9 Å². The van der Waals surface area contributed by atoms with Crippen molar-refractivity contribution in [2.45, 2.75) is 64.5 Å². The quantitative estimate of drug-likeness (QED) is 0.761. The molecule has 3 nitrogen and oxygen atoms in total. The molecule has 0 heterocycles. The van der Waals surface area contributed by atoms with Crippen molar-refractivity contribution in [3.05, 3.63) is 0 Å². The Kier molecular flexibility index (Phi) is 6.61.